The maximum atomic E-state index is 12.8. The van der Waals surface area contributed by atoms with Crippen LogP contribution in [0.1, 0.15) is 16.7 Å². The van der Waals surface area contributed by atoms with E-state index in [0.717, 1.165) is 28.8 Å². The average Bonchev–Trinajstić information content (AvgIpc) is 3.14. The van der Waals surface area contributed by atoms with E-state index in [9.17, 15) is 21.6 Å². The zero-order chi connectivity index (χ0) is 20.8. The number of sulfonamides is 1. The Hall–Kier alpha value is -2.65. The number of aromatic nitrogens is 2. The fraction of sp³-hybridized carbons (Fsp3) is 0.250. The number of fused-ring (bicyclic) bond motifs is 1. The van der Waals surface area contributed by atoms with Crippen LogP contribution in [0.2, 0.25) is 0 Å². The highest BCUT2D eigenvalue weighted by molar-refractivity contribution is 7.89. The number of rotatable bonds is 3. The second kappa shape index (κ2) is 7.00. The van der Waals surface area contributed by atoms with E-state index in [2.05, 4.69) is 4.98 Å². The van der Waals surface area contributed by atoms with E-state index in [1.165, 1.54) is 29.0 Å². The van der Waals surface area contributed by atoms with Gasteiger partial charge in [-0.3, -0.25) is 0 Å². The van der Waals surface area contributed by atoms with Gasteiger partial charge in [-0.05, 0) is 46.9 Å². The molecule has 0 radical (unpaired) electrons. The minimum Gasteiger partial charge on any atom is -0.339 e. The van der Waals surface area contributed by atoms with Crippen molar-refractivity contribution in [3.8, 4) is 11.1 Å². The monoisotopic (exact) mass is 421 g/mol. The first-order valence-electron chi connectivity index (χ1n) is 8.92. The summed E-state index contributed by atoms with van der Waals surface area (Å²) in [5.74, 6) is 0. The number of alkyl halides is 3. The smallest absolute Gasteiger partial charge is 0.339 e. The van der Waals surface area contributed by atoms with Crippen LogP contribution in [0.25, 0.3) is 11.1 Å². The summed E-state index contributed by atoms with van der Waals surface area (Å²) in [6.45, 7) is 0.550. The Morgan fingerprint density at radius 2 is 1.69 bits per heavy atom. The molecule has 1 aliphatic rings. The first-order chi connectivity index (χ1) is 13.6. The minimum absolute atomic E-state index is 0.00217. The van der Waals surface area contributed by atoms with Gasteiger partial charge in [-0.25, -0.2) is 13.4 Å². The molecule has 29 heavy (non-hydrogen) atoms. The molecule has 9 heteroatoms. The third kappa shape index (κ3) is 3.79. The van der Waals surface area contributed by atoms with Crippen molar-refractivity contribution >= 4 is 10.0 Å². The second-order valence-corrected chi connectivity index (χ2v) is 8.91. The van der Waals surface area contributed by atoms with Gasteiger partial charge in [-0.15, -0.1) is 0 Å². The molecule has 3 aromatic rings. The Bertz CT molecular complexity index is 1150. The van der Waals surface area contributed by atoms with E-state index in [4.69, 9.17) is 0 Å². The van der Waals surface area contributed by atoms with E-state index < -0.39 is 21.8 Å². The molecule has 4 rings (SSSR count). The molecule has 0 saturated heterocycles. The fourth-order valence-electron chi connectivity index (χ4n) is 3.42. The van der Waals surface area contributed by atoms with E-state index in [1.807, 2.05) is 18.2 Å². The summed E-state index contributed by atoms with van der Waals surface area (Å²) in [5, 5.41) is 0.00217. The van der Waals surface area contributed by atoms with Crippen LogP contribution in [0.4, 0.5) is 13.2 Å². The van der Waals surface area contributed by atoms with E-state index >= 15 is 0 Å². The lowest BCUT2D eigenvalue weighted by Crippen LogP contribution is -2.36. The van der Waals surface area contributed by atoms with Crippen molar-refractivity contribution in [1.82, 2.24) is 13.9 Å². The minimum atomic E-state index is -4.38. The first-order valence-corrected chi connectivity index (χ1v) is 10.4. The first kappa shape index (κ1) is 19.7. The van der Waals surface area contributed by atoms with Crippen LogP contribution in [0.5, 0.6) is 0 Å². The van der Waals surface area contributed by atoms with Gasteiger partial charge in [0.15, 0.2) is 5.03 Å². The van der Waals surface area contributed by atoms with Gasteiger partial charge >= 0.3 is 6.18 Å². The molecule has 0 amide bonds. The summed E-state index contributed by atoms with van der Waals surface area (Å²) in [6, 6.07) is 10.6. The van der Waals surface area contributed by atoms with E-state index in [1.54, 1.807) is 11.6 Å². The molecule has 1 aliphatic heterocycles. The summed E-state index contributed by atoms with van der Waals surface area (Å²) >= 11 is 0. The number of hydrogen-bond acceptors (Lipinski definition) is 3. The lowest BCUT2D eigenvalue weighted by molar-refractivity contribution is -0.137. The SMILES string of the molecule is Cn1cnc(S(=O)(=O)N2CCc3ccc(-c4ccc(C(F)(F)F)cc4)cc3C2)c1. The molecular formula is C20H18F3N3O2S. The van der Waals surface area contributed by atoms with Gasteiger partial charge in [0.1, 0.15) is 0 Å². The van der Waals surface area contributed by atoms with E-state index in [-0.39, 0.29) is 11.6 Å². The highest BCUT2D eigenvalue weighted by Crippen LogP contribution is 2.32. The molecule has 1 aromatic heterocycles. The number of halogens is 3. The number of nitrogens with zero attached hydrogens (tertiary/aromatic N) is 3. The van der Waals surface area contributed by atoms with Crippen molar-refractivity contribution in [2.45, 2.75) is 24.2 Å². The van der Waals surface area contributed by atoms with Gasteiger partial charge in [0.2, 0.25) is 0 Å². The van der Waals surface area contributed by atoms with Crippen LogP contribution in [0.3, 0.4) is 0 Å². The maximum absolute atomic E-state index is 12.8. The van der Waals surface area contributed by atoms with Crippen LogP contribution < -0.4 is 0 Å². The van der Waals surface area contributed by atoms with Gasteiger partial charge < -0.3 is 4.57 Å². The number of hydrogen-bond donors (Lipinski definition) is 0. The molecule has 0 aliphatic carbocycles. The fourth-order valence-corrected chi connectivity index (χ4v) is 4.81. The summed E-state index contributed by atoms with van der Waals surface area (Å²) < 4.78 is 67.0. The lowest BCUT2D eigenvalue weighted by atomic mass is 9.95. The third-order valence-corrected chi connectivity index (χ3v) is 6.75. The Morgan fingerprint density at radius 3 is 2.31 bits per heavy atom. The van der Waals surface area contributed by atoms with Crippen molar-refractivity contribution in [3.63, 3.8) is 0 Å². The van der Waals surface area contributed by atoms with Crippen LogP contribution in [-0.4, -0.2) is 28.8 Å². The topological polar surface area (TPSA) is 55.2 Å². The van der Waals surface area contributed by atoms with Gasteiger partial charge in [0.05, 0.1) is 11.9 Å². The van der Waals surface area contributed by atoms with Crippen LogP contribution in [0, 0.1) is 0 Å². The average molecular weight is 421 g/mol. The van der Waals surface area contributed by atoms with Crippen molar-refractivity contribution in [3.05, 3.63) is 71.7 Å². The van der Waals surface area contributed by atoms with Gasteiger partial charge in [-0.2, -0.15) is 17.5 Å². The summed E-state index contributed by atoms with van der Waals surface area (Å²) in [6.07, 6.45) is -0.916. The van der Waals surface area contributed by atoms with Crippen molar-refractivity contribution in [2.24, 2.45) is 7.05 Å². The standard InChI is InChI=1S/C20H18F3N3O2S/c1-25-12-19(24-13-25)29(27,28)26-9-8-15-2-3-16(10-17(15)11-26)14-4-6-18(7-5-14)20(21,22)23/h2-7,10,12-13H,8-9,11H2,1H3. The molecule has 0 saturated carbocycles. The molecule has 0 bridgehead atoms. The number of benzene rings is 2. The lowest BCUT2D eigenvalue weighted by Gasteiger charge is -2.27. The van der Waals surface area contributed by atoms with Crippen molar-refractivity contribution < 1.29 is 21.6 Å². The normalized spacial score (nSPS) is 15.3. The molecule has 152 valence electrons. The molecular weight excluding hydrogens is 403 g/mol. The van der Waals surface area contributed by atoms with E-state index in [0.29, 0.717) is 18.5 Å². The molecule has 0 spiro atoms. The summed E-state index contributed by atoms with van der Waals surface area (Å²) in [7, 11) is -2.00. The predicted molar refractivity (Wildman–Crippen MR) is 101 cm³/mol. The van der Waals surface area contributed by atoms with Gasteiger partial charge in [0.25, 0.3) is 10.0 Å². The van der Waals surface area contributed by atoms with Crippen molar-refractivity contribution in [2.75, 3.05) is 6.54 Å². The van der Waals surface area contributed by atoms with Crippen LogP contribution >= 0.6 is 0 Å². The molecule has 0 N–H and O–H groups in total. The Morgan fingerprint density at radius 1 is 1.00 bits per heavy atom. The zero-order valence-electron chi connectivity index (χ0n) is 15.5. The molecule has 0 unspecified atom stereocenters. The quantitative estimate of drug-likeness (QED) is 0.646. The maximum Gasteiger partial charge on any atom is 0.416 e. The van der Waals surface area contributed by atoms with Crippen LogP contribution in [-0.2, 0) is 36.2 Å². The van der Waals surface area contributed by atoms with Crippen LogP contribution in [0.15, 0.2) is 60.0 Å². The highest BCUT2D eigenvalue weighted by Gasteiger charge is 2.31. The van der Waals surface area contributed by atoms with Crippen molar-refractivity contribution in [1.29, 1.82) is 0 Å². The largest absolute Gasteiger partial charge is 0.416 e. The molecule has 2 heterocycles. The molecule has 5 nitrogen and oxygen atoms in total. The Labute approximate surface area is 166 Å². The van der Waals surface area contributed by atoms with Gasteiger partial charge in [0, 0.05) is 26.3 Å². The highest BCUT2D eigenvalue weighted by atomic mass is 32.2. The molecule has 0 fully saturated rings. The summed E-state index contributed by atoms with van der Waals surface area (Å²) in [5.41, 5.74) is 2.56. The number of imidazole rings is 1. The zero-order valence-corrected chi connectivity index (χ0v) is 16.3. The second-order valence-electron chi connectivity index (χ2n) is 7.02. The number of aryl methyl sites for hydroxylation is 1. The third-order valence-electron chi connectivity index (χ3n) is 5.01. The van der Waals surface area contributed by atoms with Gasteiger partial charge in [-0.1, -0.05) is 24.3 Å². The molecule has 2 aromatic carbocycles. The molecule has 0 atom stereocenters. The summed E-state index contributed by atoms with van der Waals surface area (Å²) in [4.78, 5) is 3.95. The predicted octanol–water partition coefficient (Wildman–Crippen LogP) is 3.85. The Balaban J connectivity index is 1.62. The Kier molecular flexibility index (Phi) is 4.74.